The largest absolute Gasteiger partial charge is 0.289 e. The zero-order valence-electron chi connectivity index (χ0n) is 28.7. The summed E-state index contributed by atoms with van der Waals surface area (Å²) in [5.74, 6) is -0.182. The lowest BCUT2D eigenvalue weighted by Gasteiger charge is -2.29. The Bertz CT molecular complexity index is 1740. The van der Waals surface area contributed by atoms with Gasteiger partial charge >= 0.3 is 0 Å². The second-order valence-electron chi connectivity index (χ2n) is 16.7. The lowest BCUT2D eigenvalue weighted by molar-refractivity contribution is 0.0979. The molecule has 0 saturated carbocycles. The van der Waals surface area contributed by atoms with E-state index in [2.05, 4.69) is 126 Å². The molecule has 0 saturated heterocycles. The van der Waals surface area contributed by atoms with Gasteiger partial charge in [-0.05, 0) is 66.7 Å². The molecule has 1 aliphatic carbocycles. The van der Waals surface area contributed by atoms with E-state index in [-0.39, 0.29) is 33.2 Å². The lowest BCUT2D eigenvalue weighted by atomic mass is 9.74. The molecule has 2 nitrogen and oxygen atoms in total. The number of ketones is 2. The van der Waals surface area contributed by atoms with Crippen LogP contribution in [0.2, 0.25) is 0 Å². The van der Waals surface area contributed by atoms with Gasteiger partial charge in [-0.25, -0.2) is 0 Å². The van der Waals surface area contributed by atoms with Crippen molar-refractivity contribution in [2.45, 2.75) is 105 Å². The highest BCUT2D eigenvalue weighted by Gasteiger charge is 2.34. The molecule has 0 N–H and O–H groups in total. The Morgan fingerprint density at radius 2 is 0.727 bits per heavy atom. The monoisotopic (exact) mass is 584 g/mol. The molecule has 44 heavy (non-hydrogen) atoms. The topological polar surface area (TPSA) is 34.1 Å². The Hall–Kier alpha value is -3.78. The number of carbonyl (C=O) groups is 2. The summed E-state index contributed by atoms with van der Waals surface area (Å²) in [6.45, 7) is 26.8. The first-order valence-electron chi connectivity index (χ1n) is 15.9. The van der Waals surface area contributed by atoms with E-state index in [0.717, 1.165) is 22.3 Å². The normalized spacial score (nSPS) is 14.0. The number of carbonyl (C=O) groups excluding carboxylic acids is 2. The predicted octanol–water partition coefficient (Wildman–Crippen LogP) is 11.0. The zero-order chi connectivity index (χ0) is 32.6. The second kappa shape index (κ2) is 10.4. The number of hydrogen-bond acceptors (Lipinski definition) is 2. The van der Waals surface area contributed by atoms with Crippen LogP contribution in [0.25, 0.3) is 22.3 Å². The molecule has 0 atom stereocenters. The Balaban J connectivity index is 1.96. The van der Waals surface area contributed by atoms with Crippen molar-refractivity contribution in [1.29, 1.82) is 0 Å². The highest BCUT2D eigenvalue weighted by Crippen LogP contribution is 2.45. The molecule has 0 fully saturated rings. The third-order valence-corrected chi connectivity index (χ3v) is 9.02. The van der Waals surface area contributed by atoms with Crippen LogP contribution in [0.1, 0.15) is 137 Å². The summed E-state index contributed by atoms with van der Waals surface area (Å²) < 4.78 is 0. The Kier molecular flexibility index (Phi) is 7.48. The maximum Gasteiger partial charge on any atom is 0.195 e. The molecule has 0 unspecified atom stereocenters. The van der Waals surface area contributed by atoms with Crippen LogP contribution in [0.5, 0.6) is 0 Å². The summed E-state index contributed by atoms with van der Waals surface area (Å²) in [4.78, 5) is 28.5. The van der Waals surface area contributed by atoms with Gasteiger partial charge in [0.15, 0.2) is 11.6 Å². The molecule has 4 aromatic rings. The fraction of sp³-hybridized carbons (Fsp3) is 0.381. The maximum absolute atomic E-state index is 14.5. The van der Waals surface area contributed by atoms with Crippen molar-refractivity contribution in [3.8, 4) is 22.3 Å². The molecule has 0 radical (unpaired) electrons. The quantitative estimate of drug-likeness (QED) is 0.207. The van der Waals surface area contributed by atoms with Crippen LogP contribution in [0, 0.1) is 0 Å². The predicted molar refractivity (Wildman–Crippen MR) is 185 cm³/mol. The van der Waals surface area contributed by atoms with Crippen LogP contribution in [-0.4, -0.2) is 11.6 Å². The Morgan fingerprint density at radius 1 is 0.364 bits per heavy atom. The number of rotatable bonds is 2. The molecule has 0 amide bonds. The summed E-state index contributed by atoms with van der Waals surface area (Å²) in [6, 6.07) is 24.9. The van der Waals surface area contributed by atoms with E-state index in [1.165, 1.54) is 22.3 Å². The molecule has 4 aromatic carbocycles. The smallest absolute Gasteiger partial charge is 0.195 e. The van der Waals surface area contributed by atoms with Gasteiger partial charge in [-0.3, -0.25) is 9.59 Å². The molecular weight excluding hydrogens is 536 g/mol. The fourth-order valence-electron chi connectivity index (χ4n) is 6.01. The minimum Gasteiger partial charge on any atom is -0.289 e. The van der Waals surface area contributed by atoms with Crippen LogP contribution in [0.4, 0.5) is 0 Å². The van der Waals surface area contributed by atoms with Crippen molar-refractivity contribution >= 4 is 11.6 Å². The molecular formula is C42H48O2. The standard InChI is InChI=1S/C42H48O2/c1-39(2,3)27-19-25(20-28(23-27)40(4,5)6)31-17-18-34-36(38(44)33-16-14-13-15-32(33)37(34)43)35(31)26-21-29(41(7,8)9)24-30(22-26)42(10,11)12/h13-24H,1-12H3. The highest BCUT2D eigenvalue weighted by atomic mass is 16.1. The van der Waals surface area contributed by atoms with Gasteiger partial charge in [0.25, 0.3) is 0 Å². The first-order valence-corrected chi connectivity index (χ1v) is 15.9. The van der Waals surface area contributed by atoms with Crippen LogP contribution in [-0.2, 0) is 21.7 Å². The minimum atomic E-state index is -0.108. The average Bonchev–Trinajstić information content (AvgIpc) is 2.93. The first-order chi connectivity index (χ1) is 20.2. The highest BCUT2D eigenvalue weighted by molar-refractivity contribution is 6.31. The Labute approximate surface area is 264 Å². The van der Waals surface area contributed by atoms with Crippen molar-refractivity contribution in [1.82, 2.24) is 0 Å². The van der Waals surface area contributed by atoms with Crippen LogP contribution >= 0.6 is 0 Å². The van der Waals surface area contributed by atoms with Gasteiger partial charge in [-0.2, -0.15) is 0 Å². The van der Waals surface area contributed by atoms with Gasteiger partial charge in [-0.15, -0.1) is 0 Å². The molecule has 1 aliphatic rings. The average molecular weight is 585 g/mol. The third-order valence-electron chi connectivity index (χ3n) is 9.02. The van der Waals surface area contributed by atoms with Crippen molar-refractivity contribution in [2.75, 3.05) is 0 Å². The van der Waals surface area contributed by atoms with Gasteiger partial charge in [-0.1, -0.05) is 150 Å². The molecule has 0 aliphatic heterocycles. The molecule has 2 heteroatoms. The van der Waals surface area contributed by atoms with Crippen molar-refractivity contribution < 1.29 is 9.59 Å². The minimum absolute atomic E-state index is 0.0688. The van der Waals surface area contributed by atoms with Crippen LogP contribution < -0.4 is 0 Å². The van der Waals surface area contributed by atoms with Gasteiger partial charge in [0.1, 0.15) is 0 Å². The van der Waals surface area contributed by atoms with E-state index < -0.39 is 0 Å². The Morgan fingerprint density at radius 3 is 1.14 bits per heavy atom. The van der Waals surface area contributed by atoms with Gasteiger partial charge in [0, 0.05) is 27.8 Å². The first kappa shape index (κ1) is 31.6. The van der Waals surface area contributed by atoms with Gasteiger partial charge in [0.05, 0.1) is 0 Å². The lowest BCUT2D eigenvalue weighted by Crippen LogP contribution is -2.22. The summed E-state index contributed by atoms with van der Waals surface area (Å²) in [5.41, 5.74) is 10.4. The van der Waals surface area contributed by atoms with Crippen LogP contribution in [0.15, 0.2) is 72.8 Å². The maximum atomic E-state index is 14.5. The molecule has 0 aromatic heterocycles. The summed E-state index contributed by atoms with van der Waals surface area (Å²) >= 11 is 0. The molecule has 0 bridgehead atoms. The van der Waals surface area contributed by atoms with E-state index in [4.69, 9.17) is 0 Å². The number of hydrogen-bond donors (Lipinski definition) is 0. The van der Waals surface area contributed by atoms with Crippen LogP contribution in [0.3, 0.4) is 0 Å². The summed E-state index contributed by atoms with van der Waals surface area (Å²) in [7, 11) is 0. The molecule has 0 spiro atoms. The van der Waals surface area contributed by atoms with E-state index >= 15 is 0 Å². The van der Waals surface area contributed by atoms with Crippen molar-refractivity contribution in [3.63, 3.8) is 0 Å². The van der Waals surface area contributed by atoms with E-state index in [1.54, 1.807) is 12.1 Å². The van der Waals surface area contributed by atoms with E-state index in [0.29, 0.717) is 22.3 Å². The van der Waals surface area contributed by atoms with Crippen molar-refractivity contribution in [2.24, 2.45) is 0 Å². The van der Waals surface area contributed by atoms with E-state index in [9.17, 15) is 9.59 Å². The van der Waals surface area contributed by atoms with Crippen molar-refractivity contribution in [3.05, 3.63) is 117 Å². The van der Waals surface area contributed by atoms with Gasteiger partial charge in [0.2, 0.25) is 0 Å². The zero-order valence-corrected chi connectivity index (χ0v) is 28.7. The molecule has 0 heterocycles. The number of fused-ring (bicyclic) bond motifs is 2. The second-order valence-corrected chi connectivity index (χ2v) is 16.7. The summed E-state index contributed by atoms with van der Waals surface area (Å²) in [5, 5.41) is 0. The summed E-state index contributed by atoms with van der Waals surface area (Å²) in [6.07, 6.45) is 0. The fourth-order valence-corrected chi connectivity index (χ4v) is 6.01. The SMILES string of the molecule is CC(C)(C)c1cc(-c2ccc3c(c2-c2cc(C(C)(C)C)cc(C(C)(C)C)c2)C(=O)c2ccccc2C3=O)cc(C(C)(C)C)c1. The molecule has 228 valence electrons. The number of benzene rings is 4. The molecule has 5 rings (SSSR count). The third kappa shape index (κ3) is 5.72. The van der Waals surface area contributed by atoms with E-state index in [1.807, 2.05) is 18.2 Å². The van der Waals surface area contributed by atoms with Gasteiger partial charge < -0.3 is 0 Å².